The fourth-order valence-electron chi connectivity index (χ4n) is 0.832. The molecular formula is C6H8N2O2S. The highest BCUT2D eigenvalue weighted by Gasteiger charge is 2.20. The molecule has 0 bridgehead atoms. The lowest BCUT2D eigenvalue weighted by atomic mass is 10.0. The first kappa shape index (κ1) is 8.16. The highest BCUT2D eigenvalue weighted by atomic mass is 32.2. The quantitative estimate of drug-likeness (QED) is 0.615. The van der Waals surface area contributed by atoms with Crippen LogP contribution < -0.4 is 5.73 Å². The van der Waals surface area contributed by atoms with Crippen LogP contribution >= 0.6 is 0 Å². The van der Waals surface area contributed by atoms with E-state index in [0.29, 0.717) is 6.42 Å². The number of rotatable bonds is 1. The van der Waals surface area contributed by atoms with E-state index in [1.807, 2.05) is 0 Å². The molecule has 0 heterocycles. The number of allylic oxidation sites excluding steroid dienone is 2. The van der Waals surface area contributed by atoms with Crippen molar-refractivity contribution in [1.82, 2.24) is 0 Å². The molecule has 1 aliphatic carbocycles. The van der Waals surface area contributed by atoms with Crippen molar-refractivity contribution in [2.45, 2.75) is 12.1 Å². The van der Waals surface area contributed by atoms with Crippen molar-refractivity contribution in [2.24, 2.45) is 10.1 Å². The third-order valence-corrected chi connectivity index (χ3v) is 1.81. The van der Waals surface area contributed by atoms with E-state index in [1.165, 1.54) is 0 Å². The van der Waals surface area contributed by atoms with Crippen LogP contribution in [-0.2, 0) is 10.5 Å². The van der Waals surface area contributed by atoms with E-state index < -0.39 is 16.2 Å². The molecule has 60 valence electrons. The highest BCUT2D eigenvalue weighted by Crippen LogP contribution is 2.15. The lowest BCUT2D eigenvalue weighted by molar-refractivity contribution is 0.552. The van der Waals surface area contributed by atoms with Gasteiger partial charge in [-0.1, -0.05) is 18.2 Å². The predicted octanol–water partition coefficient (Wildman–Crippen LogP) is 0.220. The second-order valence-corrected chi connectivity index (χ2v) is 2.91. The molecule has 5 heteroatoms. The molecule has 11 heavy (non-hydrogen) atoms. The topological polar surface area (TPSA) is 72.5 Å². The van der Waals surface area contributed by atoms with Crippen molar-refractivity contribution in [3.8, 4) is 0 Å². The molecule has 1 aliphatic rings. The largest absolute Gasteiger partial charge is 0.313 e. The zero-order chi connectivity index (χ0) is 8.32. The molecule has 1 atom stereocenters. The molecule has 0 fully saturated rings. The fraction of sp³-hybridized carbons (Fsp3) is 0.333. The summed E-state index contributed by atoms with van der Waals surface area (Å²) in [6, 6.07) is 0. The van der Waals surface area contributed by atoms with E-state index in [2.05, 4.69) is 4.36 Å². The Hall–Kier alpha value is -0.940. The summed E-state index contributed by atoms with van der Waals surface area (Å²) in [6.45, 7) is 0. The minimum absolute atomic E-state index is 0.428. The smallest absolute Gasteiger partial charge is 0.303 e. The molecule has 0 radical (unpaired) electrons. The van der Waals surface area contributed by atoms with Gasteiger partial charge in [0.15, 0.2) is 0 Å². The van der Waals surface area contributed by atoms with Crippen LogP contribution in [-0.4, -0.2) is 14.1 Å². The average Bonchev–Trinajstić information content (AvgIpc) is 1.85. The Bertz CT molecular complexity index is 320. The van der Waals surface area contributed by atoms with Gasteiger partial charge in [-0.05, 0) is 6.08 Å². The summed E-state index contributed by atoms with van der Waals surface area (Å²) in [5, 5.41) is 0. The maximum Gasteiger partial charge on any atom is 0.313 e. The SMILES string of the molecule is NC1(N=S(=O)=O)C=CC=CC1. The van der Waals surface area contributed by atoms with Gasteiger partial charge in [0.05, 0.1) is 0 Å². The van der Waals surface area contributed by atoms with Crippen molar-refractivity contribution in [2.75, 3.05) is 0 Å². The van der Waals surface area contributed by atoms with Crippen molar-refractivity contribution in [1.29, 1.82) is 0 Å². The van der Waals surface area contributed by atoms with Gasteiger partial charge in [-0.25, -0.2) is 0 Å². The minimum atomic E-state index is -2.44. The molecule has 1 rings (SSSR count). The molecule has 1 unspecified atom stereocenters. The molecule has 0 saturated carbocycles. The van der Waals surface area contributed by atoms with Gasteiger partial charge in [0.2, 0.25) is 0 Å². The molecule has 0 aromatic carbocycles. The monoisotopic (exact) mass is 172 g/mol. The van der Waals surface area contributed by atoms with Crippen LogP contribution in [0.25, 0.3) is 0 Å². The lowest BCUT2D eigenvalue weighted by Crippen LogP contribution is -2.35. The van der Waals surface area contributed by atoms with Gasteiger partial charge < -0.3 is 5.73 Å². The Morgan fingerprint density at radius 3 is 2.64 bits per heavy atom. The molecule has 0 aromatic rings. The number of hydrogen-bond acceptors (Lipinski definition) is 4. The van der Waals surface area contributed by atoms with E-state index in [-0.39, 0.29) is 0 Å². The van der Waals surface area contributed by atoms with Crippen LogP contribution in [0.1, 0.15) is 6.42 Å². The molecule has 0 aliphatic heterocycles. The van der Waals surface area contributed by atoms with Gasteiger partial charge in [0.25, 0.3) is 0 Å². The van der Waals surface area contributed by atoms with Gasteiger partial charge in [0, 0.05) is 6.42 Å². The van der Waals surface area contributed by atoms with Crippen molar-refractivity contribution < 1.29 is 8.42 Å². The van der Waals surface area contributed by atoms with E-state index in [0.717, 1.165) is 0 Å². The molecule has 4 nitrogen and oxygen atoms in total. The predicted molar refractivity (Wildman–Crippen MR) is 41.2 cm³/mol. The second-order valence-electron chi connectivity index (χ2n) is 2.29. The molecule has 0 aromatic heterocycles. The summed E-state index contributed by atoms with van der Waals surface area (Å²) in [5.41, 5.74) is 4.51. The van der Waals surface area contributed by atoms with E-state index >= 15 is 0 Å². The summed E-state index contributed by atoms with van der Waals surface area (Å²) >= 11 is 0. The normalized spacial score (nSPS) is 28.5. The number of nitrogens with zero attached hydrogens (tertiary/aromatic N) is 1. The molecule has 0 amide bonds. The zero-order valence-electron chi connectivity index (χ0n) is 5.77. The van der Waals surface area contributed by atoms with Crippen LogP contribution in [0.2, 0.25) is 0 Å². The van der Waals surface area contributed by atoms with Crippen LogP contribution in [0.5, 0.6) is 0 Å². The second kappa shape index (κ2) is 2.98. The van der Waals surface area contributed by atoms with Crippen LogP contribution in [0.3, 0.4) is 0 Å². The molecule has 0 spiro atoms. The summed E-state index contributed by atoms with van der Waals surface area (Å²) in [6.07, 6.45) is 7.24. The van der Waals surface area contributed by atoms with Gasteiger partial charge in [0.1, 0.15) is 5.66 Å². The average molecular weight is 172 g/mol. The lowest BCUT2D eigenvalue weighted by Gasteiger charge is -2.17. The first-order chi connectivity index (χ1) is 5.12. The number of nitrogens with two attached hydrogens (primary N) is 1. The van der Waals surface area contributed by atoms with Gasteiger partial charge >= 0.3 is 10.5 Å². The third-order valence-electron chi connectivity index (χ3n) is 1.32. The van der Waals surface area contributed by atoms with Crippen molar-refractivity contribution >= 4 is 10.5 Å². The van der Waals surface area contributed by atoms with Crippen LogP contribution in [0, 0.1) is 0 Å². The maximum atomic E-state index is 10.2. The van der Waals surface area contributed by atoms with Gasteiger partial charge in [-0.3, -0.25) is 0 Å². The molecule has 0 saturated heterocycles. The maximum absolute atomic E-state index is 10.2. The van der Waals surface area contributed by atoms with E-state index in [1.54, 1.807) is 24.3 Å². The van der Waals surface area contributed by atoms with Crippen LogP contribution in [0.4, 0.5) is 0 Å². The summed E-state index contributed by atoms with van der Waals surface area (Å²) in [4.78, 5) is 0. The molecule has 2 N–H and O–H groups in total. The third kappa shape index (κ3) is 2.28. The number of hydrogen-bond donors (Lipinski definition) is 1. The Kier molecular flexibility index (Phi) is 2.21. The zero-order valence-corrected chi connectivity index (χ0v) is 6.58. The Morgan fingerprint density at radius 2 is 2.18 bits per heavy atom. The Labute approximate surface area is 66.1 Å². The summed E-state index contributed by atoms with van der Waals surface area (Å²) in [7, 11) is -2.44. The van der Waals surface area contributed by atoms with Crippen molar-refractivity contribution in [3.05, 3.63) is 24.3 Å². The fourth-order valence-corrected chi connectivity index (χ4v) is 1.25. The Balaban J connectivity index is 2.94. The Morgan fingerprint density at radius 1 is 1.45 bits per heavy atom. The van der Waals surface area contributed by atoms with Gasteiger partial charge in [-0.15, -0.1) is 4.36 Å². The first-order valence-electron chi connectivity index (χ1n) is 3.08. The first-order valence-corrected chi connectivity index (χ1v) is 4.11. The van der Waals surface area contributed by atoms with E-state index in [9.17, 15) is 8.42 Å². The standard InChI is InChI=1S/C6H8N2O2S/c7-6(8-11(9)10)4-2-1-3-5-6/h1-4H,5,7H2. The van der Waals surface area contributed by atoms with Crippen LogP contribution in [0.15, 0.2) is 28.7 Å². The highest BCUT2D eigenvalue weighted by molar-refractivity contribution is 7.61. The summed E-state index contributed by atoms with van der Waals surface area (Å²) < 4.78 is 23.7. The molecular weight excluding hydrogens is 164 g/mol. The van der Waals surface area contributed by atoms with E-state index in [4.69, 9.17) is 5.73 Å². The minimum Gasteiger partial charge on any atom is -0.303 e. The summed E-state index contributed by atoms with van der Waals surface area (Å²) in [5.74, 6) is 0. The van der Waals surface area contributed by atoms with Crippen molar-refractivity contribution in [3.63, 3.8) is 0 Å². The van der Waals surface area contributed by atoms with Gasteiger partial charge in [-0.2, -0.15) is 8.42 Å².